The quantitative estimate of drug-likeness (QED) is 0.785. The minimum Gasteiger partial charge on any atom is -0.338 e. The summed E-state index contributed by atoms with van der Waals surface area (Å²) < 4.78 is 24.9. The fraction of sp³-hybridized carbons (Fsp3) is 0.250. The molecule has 6 nitrogen and oxygen atoms in total. The Bertz CT molecular complexity index is 559. The van der Waals surface area contributed by atoms with Gasteiger partial charge in [0.1, 0.15) is 0 Å². The number of rotatable bonds is 5. The Morgan fingerprint density at radius 3 is 2.90 bits per heavy atom. The van der Waals surface area contributed by atoms with Gasteiger partial charge < -0.3 is 10.6 Å². The fourth-order valence-corrected chi connectivity index (χ4v) is 1.56. The molecule has 0 bridgehead atoms. The summed E-state index contributed by atoms with van der Waals surface area (Å²) >= 11 is 0. The summed E-state index contributed by atoms with van der Waals surface area (Å²) in [5, 5.41) is 11.5. The van der Waals surface area contributed by atoms with Crippen LogP contribution in [0.1, 0.15) is 17.6 Å². The van der Waals surface area contributed by atoms with Crippen molar-refractivity contribution < 1.29 is 13.6 Å². The molecule has 0 aliphatic rings. The molecule has 0 saturated carbocycles. The van der Waals surface area contributed by atoms with Crippen LogP contribution in [0.4, 0.5) is 19.3 Å². The molecule has 106 valence electrons. The molecule has 20 heavy (non-hydrogen) atoms. The molecule has 2 aromatic rings. The van der Waals surface area contributed by atoms with Crippen LogP contribution in [0, 0.1) is 0 Å². The highest BCUT2D eigenvalue weighted by Crippen LogP contribution is 2.20. The average molecular weight is 281 g/mol. The molecule has 2 amide bonds. The summed E-state index contributed by atoms with van der Waals surface area (Å²) in [7, 11) is 0. The molecule has 0 atom stereocenters. The van der Waals surface area contributed by atoms with E-state index in [2.05, 4.69) is 25.8 Å². The summed E-state index contributed by atoms with van der Waals surface area (Å²) in [5.74, 6) is 0. The standard InChI is InChI=1S/C12H13F2N5O/c13-11(14)9-3-10(7-15-6-9)19-12(20)16-2-1-8-4-17-18-5-8/h3-7,11H,1-2H2,(H,17,18)(H2,16,19,20). The van der Waals surface area contributed by atoms with E-state index < -0.39 is 12.5 Å². The van der Waals surface area contributed by atoms with Gasteiger partial charge >= 0.3 is 6.03 Å². The zero-order chi connectivity index (χ0) is 14.4. The lowest BCUT2D eigenvalue weighted by molar-refractivity contribution is 0.151. The van der Waals surface area contributed by atoms with E-state index in [0.717, 1.165) is 11.8 Å². The molecule has 0 aliphatic carbocycles. The van der Waals surface area contributed by atoms with Gasteiger partial charge in [0.15, 0.2) is 0 Å². The van der Waals surface area contributed by atoms with Crippen molar-refractivity contribution in [2.75, 3.05) is 11.9 Å². The number of H-pyrrole nitrogens is 1. The number of carbonyl (C=O) groups excluding carboxylic acids is 1. The molecule has 0 spiro atoms. The molecule has 2 aromatic heterocycles. The first-order valence-electron chi connectivity index (χ1n) is 5.91. The van der Waals surface area contributed by atoms with E-state index in [4.69, 9.17) is 0 Å². The second kappa shape index (κ2) is 6.60. The highest BCUT2D eigenvalue weighted by atomic mass is 19.3. The number of aromatic nitrogens is 3. The number of alkyl halides is 2. The van der Waals surface area contributed by atoms with Crippen molar-refractivity contribution in [1.29, 1.82) is 0 Å². The molecule has 2 rings (SSSR count). The van der Waals surface area contributed by atoms with Crippen molar-refractivity contribution in [1.82, 2.24) is 20.5 Å². The number of aromatic amines is 1. The van der Waals surface area contributed by atoms with Crippen molar-refractivity contribution in [2.24, 2.45) is 0 Å². The van der Waals surface area contributed by atoms with Gasteiger partial charge in [-0.1, -0.05) is 0 Å². The summed E-state index contributed by atoms with van der Waals surface area (Å²) in [4.78, 5) is 15.2. The second-order valence-electron chi connectivity index (χ2n) is 4.05. The number of amides is 2. The van der Waals surface area contributed by atoms with E-state index in [1.807, 2.05) is 0 Å². The monoisotopic (exact) mass is 281 g/mol. The summed E-state index contributed by atoms with van der Waals surface area (Å²) in [6, 6.07) is 0.717. The van der Waals surface area contributed by atoms with Gasteiger partial charge in [0.25, 0.3) is 6.43 Å². The zero-order valence-corrected chi connectivity index (χ0v) is 10.4. The number of anilines is 1. The minimum atomic E-state index is -2.62. The topological polar surface area (TPSA) is 82.7 Å². The van der Waals surface area contributed by atoms with E-state index in [0.29, 0.717) is 13.0 Å². The lowest BCUT2D eigenvalue weighted by Gasteiger charge is -2.08. The van der Waals surface area contributed by atoms with Gasteiger partial charge in [-0.2, -0.15) is 5.10 Å². The lowest BCUT2D eigenvalue weighted by Crippen LogP contribution is -2.30. The van der Waals surface area contributed by atoms with Crippen LogP contribution >= 0.6 is 0 Å². The van der Waals surface area contributed by atoms with Gasteiger partial charge in [-0.25, -0.2) is 13.6 Å². The smallest absolute Gasteiger partial charge is 0.319 e. The molecule has 0 saturated heterocycles. The van der Waals surface area contributed by atoms with Gasteiger partial charge in [-0.3, -0.25) is 10.1 Å². The highest BCUT2D eigenvalue weighted by molar-refractivity contribution is 5.89. The van der Waals surface area contributed by atoms with Crippen LogP contribution in [0.5, 0.6) is 0 Å². The Labute approximate surface area is 113 Å². The highest BCUT2D eigenvalue weighted by Gasteiger charge is 2.09. The van der Waals surface area contributed by atoms with E-state index >= 15 is 0 Å². The maximum Gasteiger partial charge on any atom is 0.319 e. The maximum absolute atomic E-state index is 12.5. The van der Waals surface area contributed by atoms with E-state index in [1.54, 1.807) is 12.4 Å². The second-order valence-corrected chi connectivity index (χ2v) is 4.05. The predicted octanol–water partition coefficient (Wildman–Crippen LogP) is 2.11. The SMILES string of the molecule is O=C(NCCc1cn[nH]c1)Nc1cncc(C(F)F)c1. The Kier molecular flexibility index (Phi) is 4.59. The third kappa shape index (κ3) is 4.01. The number of carbonyl (C=O) groups is 1. The van der Waals surface area contributed by atoms with Crippen LogP contribution in [0.3, 0.4) is 0 Å². The van der Waals surface area contributed by atoms with E-state index in [1.165, 1.54) is 12.3 Å². The van der Waals surface area contributed by atoms with Crippen LogP contribution in [-0.2, 0) is 6.42 Å². The number of pyridine rings is 1. The molecular weight excluding hydrogens is 268 g/mol. The summed E-state index contributed by atoms with van der Waals surface area (Å²) in [6.45, 7) is 0.410. The third-order valence-electron chi connectivity index (χ3n) is 2.52. The van der Waals surface area contributed by atoms with Crippen LogP contribution < -0.4 is 10.6 Å². The number of nitrogens with one attached hydrogen (secondary N) is 3. The fourth-order valence-electron chi connectivity index (χ4n) is 1.56. The van der Waals surface area contributed by atoms with Gasteiger partial charge in [-0.15, -0.1) is 0 Å². The van der Waals surface area contributed by atoms with Crippen LogP contribution in [-0.4, -0.2) is 27.8 Å². The van der Waals surface area contributed by atoms with E-state index in [-0.39, 0.29) is 11.3 Å². The zero-order valence-electron chi connectivity index (χ0n) is 10.4. The number of nitrogens with zero attached hydrogens (tertiary/aromatic N) is 2. The van der Waals surface area contributed by atoms with Crippen LogP contribution in [0.15, 0.2) is 30.9 Å². The van der Waals surface area contributed by atoms with Gasteiger partial charge in [0, 0.05) is 24.5 Å². The van der Waals surface area contributed by atoms with Crippen molar-refractivity contribution >= 4 is 11.7 Å². The van der Waals surface area contributed by atoms with Crippen molar-refractivity contribution in [3.05, 3.63) is 42.0 Å². The molecule has 0 fully saturated rings. The molecule has 0 radical (unpaired) electrons. The Morgan fingerprint density at radius 1 is 1.35 bits per heavy atom. The molecule has 3 N–H and O–H groups in total. The Morgan fingerprint density at radius 2 is 2.20 bits per heavy atom. The third-order valence-corrected chi connectivity index (χ3v) is 2.52. The van der Waals surface area contributed by atoms with Crippen LogP contribution in [0.2, 0.25) is 0 Å². The van der Waals surface area contributed by atoms with Gasteiger partial charge in [-0.05, 0) is 18.1 Å². The Hall–Kier alpha value is -2.51. The number of hydrogen-bond acceptors (Lipinski definition) is 3. The molecule has 0 aliphatic heterocycles. The molecule has 0 unspecified atom stereocenters. The van der Waals surface area contributed by atoms with Gasteiger partial charge in [0.05, 0.1) is 18.1 Å². The van der Waals surface area contributed by atoms with E-state index in [9.17, 15) is 13.6 Å². The van der Waals surface area contributed by atoms with Crippen molar-refractivity contribution in [3.8, 4) is 0 Å². The molecular formula is C12H13F2N5O. The lowest BCUT2D eigenvalue weighted by atomic mass is 10.2. The first kappa shape index (κ1) is 13.9. The van der Waals surface area contributed by atoms with Crippen molar-refractivity contribution in [3.63, 3.8) is 0 Å². The molecule has 8 heteroatoms. The summed E-state index contributed by atoms with van der Waals surface area (Å²) in [6.07, 6.45) is 3.77. The molecule has 2 heterocycles. The normalized spacial score (nSPS) is 10.6. The van der Waals surface area contributed by atoms with Crippen molar-refractivity contribution in [2.45, 2.75) is 12.8 Å². The largest absolute Gasteiger partial charge is 0.338 e. The molecule has 0 aromatic carbocycles. The average Bonchev–Trinajstić information content (AvgIpc) is 2.92. The first-order chi connectivity index (χ1) is 9.65. The first-order valence-corrected chi connectivity index (χ1v) is 5.91. The number of hydrogen-bond donors (Lipinski definition) is 3. The number of halogens is 2. The predicted molar refractivity (Wildman–Crippen MR) is 68.5 cm³/mol. The Balaban J connectivity index is 1.80. The van der Waals surface area contributed by atoms with Gasteiger partial charge in [0.2, 0.25) is 0 Å². The maximum atomic E-state index is 12.5. The van der Waals surface area contributed by atoms with Crippen LogP contribution in [0.25, 0.3) is 0 Å². The minimum absolute atomic E-state index is 0.226. The summed E-state index contributed by atoms with van der Waals surface area (Å²) in [5.41, 5.74) is 0.955. The number of urea groups is 1.